The number of benzene rings is 1. The van der Waals surface area contributed by atoms with E-state index in [9.17, 15) is 4.79 Å². The van der Waals surface area contributed by atoms with Crippen LogP contribution in [-0.4, -0.2) is 31.6 Å². The van der Waals surface area contributed by atoms with E-state index < -0.39 is 0 Å². The third-order valence-corrected chi connectivity index (χ3v) is 4.64. The largest absolute Gasteiger partial charge is 0.469 e. The first-order valence-electron chi connectivity index (χ1n) is 6.03. The number of nitrogens with zero attached hydrogens (tertiary/aromatic N) is 1. The van der Waals surface area contributed by atoms with E-state index in [2.05, 4.69) is 15.7 Å². The van der Waals surface area contributed by atoms with Crippen molar-refractivity contribution in [2.24, 2.45) is 0 Å². The quantitative estimate of drug-likeness (QED) is 0.791. The van der Waals surface area contributed by atoms with Gasteiger partial charge < -0.3 is 9.64 Å². The highest BCUT2D eigenvalue weighted by atomic mass is 35.5. The van der Waals surface area contributed by atoms with E-state index in [0.29, 0.717) is 13.0 Å². The van der Waals surface area contributed by atoms with Crippen LogP contribution in [0.25, 0.3) is 10.1 Å². The third-order valence-electron chi connectivity index (χ3n) is 2.94. The summed E-state index contributed by atoms with van der Waals surface area (Å²) in [5.41, 5.74) is 0. The molecule has 0 bridgehead atoms. The molecular formula is C14H16ClNO2S. The molecule has 0 unspecified atom stereocenters. The molecule has 0 aliphatic heterocycles. The molecule has 0 aliphatic rings. The minimum absolute atomic E-state index is 0.186. The summed E-state index contributed by atoms with van der Waals surface area (Å²) in [6.07, 6.45) is 0.398. The normalized spacial score (nSPS) is 11.2. The average molecular weight is 298 g/mol. The topological polar surface area (TPSA) is 29.5 Å². The lowest BCUT2D eigenvalue weighted by atomic mass is 10.2. The number of halogens is 1. The molecule has 1 aromatic heterocycles. The number of carbonyl (C=O) groups excluding carboxylic acids is 1. The first kappa shape index (κ1) is 14.3. The molecule has 1 heterocycles. The maximum Gasteiger partial charge on any atom is 0.306 e. The van der Waals surface area contributed by atoms with Crippen molar-refractivity contribution in [1.82, 2.24) is 4.90 Å². The van der Waals surface area contributed by atoms with Gasteiger partial charge in [0.2, 0.25) is 0 Å². The van der Waals surface area contributed by atoms with E-state index in [1.807, 2.05) is 25.2 Å². The average Bonchev–Trinajstić information content (AvgIpc) is 2.73. The van der Waals surface area contributed by atoms with Crippen LogP contribution in [0.15, 0.2) is 24.3 Å². The van der Waals surface area contributed by atoms with E-state index in [-0.39, 0.29) is 5.97 Å². The molecule has 0 atom stereocenters. The van der Waals surface area contributed by atoms with Crippen LogP contribution >= 0.6 is 22.9 Å². The van der Waals surface area contributed by atoms with Gasteiger partial charge >= 0.3 is 5.97 Å². The van der Waals surface area contributed by atoms with Gasteiger partial charge in [-0.25, -0.2) is 0 Å². The zero-order valence-corrected chi connectivity index (χ0v) is 12.6. The minimum atomic E-state index is -0.186. The molecule has 1 aromatic carbocycles. The monoisotopic (exact) mass is 297 g/mol. The number of methoxy groups -OCH3 is 1. The summed E-state index contributed by atoms with van der Waals surface area (Å²) in [5, 5.41) is 1.93. The Morgan fingerprint density at radius 2 is 2.16 bits per heavy atom. The SMILES string of the molecule is COC(=O)CCN(C)Cc1sc2ccccc2c1Cl. The summed E-state index contributed by atoms with van der Waals surface area (Å²) < 4.78 is 5.83. The number of carbonyl (C=O) groups is 1. The Kier molecular flexibility index (Phi) is 4.80. The molecule has 0 fully saturated rings. The molecule has 19 heavy (non-hydrogen) atoms. The molecule has 0 spiro atoms. The zero-order valence-electron chi connectivity index (χ0n) is 11.0. The van der Waals surface area contributed by atoms with E-state index in [0.717, 1.165) is 21.8 Å². The summed E-state index contributed by atoms with van der Waals surface area (Å²) in [7, 11) is 3.38. The molecule has 0 saturated carbocycles. The maximum absolute atomic E-state index is 11.1. The summed E-state index contributed by atoms with van der Waals surface area (Å²) in [6.45, 7) is 1.41. The molecule has 0 amide bonds. The number of hydrogen-bond donors (Lipinski definition) is 0. The fraction of sp³-hybridized carbons (Fsp3) is 0.357. The first-order valence-corrected chi connectivity index (χ1v) is 7.22. The number of ether oxygens (including phenoxy) is 1. The predicted octanol–water partition coefficient (Wildman–Crippen LogP) is 3.55. The fourth-order valence-corrected chi connectivity index (χ4v) is 3.45. The first-order chi connectivity index (χ1) is 9.11. The second-order valence-corrected chi connectivity index (χ2v) is 5.91. The lowest BCUT2D eigenvalue weighted by Gasteiger charge is -2.14. The number of fused-ring (bicyclic) bond motifs is 1. The predicted molar refractivity (Wildman–Crippen MR) is 79.8 cm³/mol. The van der Waals surface area contributed by atoms with Gasteiger partial charge in [-0.15, -0.1) is 11.3 Å². The smallest absolute Gasteiger partial charge is 0.306 e. The maximum atomic E-state index is 11.1. The van der Waals surface area contributed by atoms with Crippen molar-refractivity contribution in [2.45, 2.75) is 13.0 Å². The molecule has 0 aliphatic carbocycles. The Hall–Kier alpha value is -1.10. The van der Waals surface area contributed by atoms with Gasteiger partial charge in [0, 0.05) is 28.1 Å². The molecule has 0 radical (unpaired) electrons. The molecular weight excluding hydrogens is 282 g/mol. The van der Waals surface area contributed by atoms with Crippen molar-refractivity contribution >= 4 is 39.0 Å². The van der Waals surface area contributed by atoms with Gasteiger partial charge in [-0.3, -0.25) is 4.79 Å². The summed E-state index contributed by atoms with van der Waals surface area (Å²) >= 11 is 8.09. The van der Waals surface area contributed by atoms with Crippen LogP contribution in [0, 0.1) is 0 Å². The molecule has 2 aromatic rings. The molecule has 0 saturated heterocycles. The lowest BCUT2D eigenvalue weighted by Crippen LogP contribution is -2.21. The summed E-state index contributed by atoms with van der Waals surface area (Å²) in [4.78, 5) is 14.3. The van der Waals surface area contributed by atoms with Crippen LogP contribution in [0.2, 0.25) is 5.02 Å². The van der Waals surface area contributed by atoms with Crippen LogP contribution < -0.4 is 0 Å². The van der Waals surface area contributed by atoms with Crippen LogP contribution in [0.4, 0.5) is 0 Å². The Balaban J connectivity index is 2.04. The Morgan fingerprint density at radius 1 is 1.42 bits per heavy atom. The van der Waals surface area contributed by atoms with Crippen molar-refractivity contribution in [3.63, 3.8) is 0 Å². The van der Waals surface area contributed by atoms with Crippen LogP contribution in [0.1, 0.15) is 11.3 Å². The van der Waals surface area contributed by atoms with E-state index >= 15 is 0 Å². The minimum Gasteiger partial charge on any atom is -0.469 e. The molecule has 5 heteroatoms. The second kappa shape index (κ2) is 6.37. The van der Waals surface area contributed by atoms with Crippen LogP contribution in [0.3, 0.4) is 0 Å². The number of thiophene rings is 1. The van der Waals surface area contributed by atoms with Gasteiger partial charge in [-0.1, -0.05) is 29.8 Å². The lowest BCUT2D eigenvalue weighted by molar-refractivity contribution is -0.140. The van der Waals surface area contributed by atoms with Crippen LogP contribution in [-0.2, 0) is 16.1 Å². The highest BCUT2D eigenvalue weighted by Gasteiger charge is 2.12. The number of rotatable bonds is 5. The highest BCUT2D eigenvalue weighted by Crippen LogP contribution is 2.35. The van der Waals surface area contributed by atoms with E-state index in [1.54, 1.807) is 11.3 Å². The van der Waals surface area contributed by atoms with Gasteiger partial charge in [0.25, 0.3) is 0 Å². The highest BCUT2D eigenvalue weighted by molar-refractivity contribution is 7.19. The van der Waals surface area contributed by atoms with Crippen LogP contribution in [0.5, 0.6) is 0 Å². The standard InChI is InChI=1S/C14H16ClNO2S/c1-16(8-7-13(17)18-2)9-12-14(15)10-5-3-4-6-11(10)19-12/h3-6H,7-9H2,1-2H3. The third kappa shape index (κ3) is 3.47. The van der Waals surface area contributed by atoms with Gasteiger partial charge in [0.05, 0.1) is 18.6 Å². The van der Waals surface area contributed by atoms with Gasteiger partial charge in [0.1, 0.15) is 0 Å². The van der Waals surface area contributed by atoms with Crippen molar-refractivity contribution in [3.8, 4) is 0 Å². The molecule has 3 nitrogen and oxygen atoms in total. The van der Waals surface area contributed by atoms with Gasteiger partial charge in [-0.05, 0) is 13.1 Å². The molecule has 0 N–H and O–H groups in total. The van der Waals surface area contributed by atoms with Gasteiger partial charge in [0.15, 0.2) is 0 Å². The Labute approximate surface area is 121 Å². The van der Waals surface area contributed by atoms with Crippen molar-refractivity contribution in [2.75, 3.05) is 20.7 Å². The number of hydrogen-bond acceptors (Lipinski definition) is 4. The van der Waals surface area contributed by atoms with Crippen molar-refractivity contribution in [1.29, 1.82) is 0 Å². The van der Waals surface area contributed by atoms with Crippen molar-refractivity contribution < 1.29 is 9.53 Å². The zero-order chi connectivity index (χ0) is 13.8. The molecule has 2 rings (SSSR count). The van der Waals surface area contributed by atoms with Crippen molar-refractivity contribution in [3.05, 3.63) is 34.2 Å². The number of esters is 1. The Morgan fingerprint density at radius 3 is 2.84 bits per heavy atom. The Bertz CT molecular complexity index is 582. The fourth-order valence-electron chi connectivity index (χ4n) is 1.87. The second-order valence-electron chi connectivity index (χ2n) is 4.40. The van der Waals surface area contributed by atoms with E-state index in [4.69, 9.17) is 11.6 Å². The van der Waals surface area contributed by atoms with E-state index in [1.165, 1.54) is 11.8 Å². The molecule has 102 valence electrons. The summed E-state index contributed by atoms with van der Waals surface area (Å²) in [5.74, 6) is -0.186. The van der Waals surface area contributed by atoms with Gasteiger partial charge in [-0.2, -0.15) is 0 Å². The summed E-state index contributed by atoms with van der Waals surface area (Å²) in [6, 6.07) is 8.11.